The van der Waals surface area contributed by atoms with Crippen molar-refractivity contribution in [2.75, 3.05) is 33.2 Å². The maximum absolute atomic E-state index is 13.3. The number of carbonyl (C=O) groups excluding carboxylic acids is 2. The molecule has 0 aliphatic carbocycles. The molecular formula is C31H34N4O5. The first-order chi connectivity index (χ1) is 19.2. The van der Waals surface area contributed by atoms with E-state index < -0.39 is 0 Å². The van der Waals surface area contributed by atoms with E-state index in [1.807, 2.05) is 69.4 Å². The summed E-state index contributed by atoms with van der Waals surface area (Å²) in [4.78, 5) is 32.8. The molecule has 4 aromatic rings. The second-order valence-corrected chi connectivity index (χ2v) is 9.53. The minimum absolute atomic E-state index is 0.138. The second kappa shape index (κ2) is 12.4. The highest BCUT2D eigenvalue weighted by Crippen LogP contribution is 2.32. The number of hydrogen-bond acceptors (Lipinski definition) is 6. The Kier molecular flexibility index (Phi) is 8.73. The fraction of sp³-hybridized carbons (Fsp3) is 0.258. The highest BCUT2D eigenvalue weighted by Gasteiger charge is 2.23. The van der Waals surface area contributed by atoms with Crippen molar-refractivity contribution in [1.29, 1.82) is 0 Å². The minimum Gasteiger partial charge on any atom is -0.497 e. The Balaban J connectivity index is 1.66. The first kappa shape index (κ1) is 28.2. The molecule has 0 saturated heterocycles. The number of benzene rings is 3. The zero-order valence-electron chi connectivity index (χ0n) is 23.6. The zero-order chi connectivity index (χ0) is 28.8. The van der Waals surface area contributed by atoms with Gasteiger partial charge in [-0.1, -0.05) is 17.7 Å². The molecule has 0 atom stereocenters. The van der Waals surface area contributed by atoms with Crippen LogP contribution in [0.2, 0.25) is 0 Å². The molecule has 1 aromatic heterocycles. The molecule has 0 fully saturated rings. The maximum atomic E-state index is 13.3. The number of aryl methyl sites for hydroxylation is 1. The van der Waals surface area contributed by atoms with Crippen LogP contribution < -0.4 is 19.5 Å². The number of methoxy groups -OCH3 is 3. The number of nitrogens with zero attached hydrogens (tertiary/aromatic N) is 3. The Labute approximate surface area is 234 Å². The lowest BCUT2D eigenvalue weighted by Crippen LogP contribution is -2.42. The third-order valence-electron chi connectivity index (χ3n) is 6.48. The highest BCUT2D eigenvalue weighted by molar-refractivity contribution is 5.99. The minimum atomic E-state index is -0.372. The third-order valence-corrected chi connectivity index (χ3v) is 6.48. The maximum Gasteiger partial charge on any atom is 0.254 e. The molecule has 0 aliphatic rings. The fourth-order valence-electron chi connectivity index (χ4n) is 4.21. The molecule has 208 valence electrons. The molecule has 9 nitrogen and oxygen atoms in total. The van der Waals surface area contributed by atoms with Crippen molar-refractivity contribution >= 4 is 17.8 Å². The van der Waals surface area contributed by atoms with Crippen LogP contribution in [-0.4, -0.2) is 60.2 Å². The number of amides is 2. The Morgan fingerprint density at radius 2 is 1.57 bits per heavy atom. The van der Waals surface area contributed by atoms with Crippen molar-refractivity contribution in [3.63, 3.8) is 0 Å². The average Bonchev–Trinajstić information content (AvgIpc) is 3.38. The van der Waals surface area contributed by atoms with E-state index in [-0.39, 0.29) is 24.4 Å². The van der Waals surface area contributed by atoms with E-state index in [0.717, 1.165) is 16.9 Å². The van der Waals surface area contributed by atoms with Gasteiger partial charge >= 0.3 is 0 Å². The summed E-state index contributed by atoms with van der Waals surface area (Å²) in [5.41, 5.74) is 3.77. The van der Waals surface area contributed by atoms with Crippen molar-refractivity contribution in [1.82, 2.24) is 14.5 Å². The van der Waals surface area contributed by atoms with E-state index in [0.29, 0.717) is 34.4 Å². The molecule has 1 N–H and O–H groups in total. The first-order valence-electron chi connectivity index (χ1n) is 12.9. The summed E-state index contributed by atoms with van der Waals surface area (Å²) in [7, 11) is 4.74. The Hall–Kier alpha value is -4.79. The molecule has 0 bridgehead atoms. The molecule has 0 unspecified atom stereocenters. The van der Waals surface area contributed by atoms with Crippen LogP contribution in [0, 0.1) is 6.92 Å². The third kappa shape index (κ3) is 6.26. The number of nitrogens with one attached hydrogen (secondary N) is 1. The van der Waals surface area contributed by atoms with Gasteiger partial charge in [-0.25, -0.2) is 4.98 Å². The van der Waals surface area contributed by atoms with Gasteiger partial charge in [0.05, 0.1) is 32.7 Å². The van der Waals surface area contributed by atoms with Crippen LogP contribution in [-0.2, 0) is 4.79 Å². The summed E-state index contributed by atoms with van der Waals surface area (Å²) >= 11 is 0. The molecule has 4 rings (SSSR count). The molecule has 40 heavy (non-hydrogen) atoms. The number of hydrogen-bond donors (Lipinski definition) is 1. The molecule has 1 heterocycles. The van der Waals surface area contributed by atoms with E-state index in [1.165, 1.54) is 4.90 Å². The number of ether oxygens (including phenoxy) is 3. The van der Waals surface area contributed by atoms with Gasteiger partial charge in [-0.05, 0) is 69.3 Å². The Bertz CT molecular complexity index is 1480. The van der Waals surface area contributed by atoms with Crippen molar-refractivity contribution < 1.29 is 23.8 Å². The summed E-state index contributed by atoms with van der Waals surface area (Å²) < 4.78 is 17.9. The van der Waals surface area contributed by atoms with Gasteiger partial charge in [-0.2, -0.15) is 0 Å². The second-order valence-electron chi connectivity index (χ2n) is 9.53. The predicted octanol–water partition coefficient (Wildman–Crippen LogP) is 5.36. The Morgan fingerprint density at radius 3 is 2.17 bits per heavy atom. The van der Waals surface area contributed by atoms with E-state index in [1.54, 1.807) is 50.2 Å². The largest absolute Gasteiger partial charge is 0.497 e. The molecule has 0 aliphatic heterocycles. The van der Waals surface area contributed by atoms with Gasteiger partial charge < -0.3 is 19.1 Å². The normalized spacial score (nSPS) is 10.8. The van der Waals surface area contributed by atoms with Crippen molar-refractivity contribution in [3.8, 4) is 34.2 Å². The van der Waals surface area contributed by atoms with Crippen LogP contribution in [0.25, 0.3) is 16.9 Å². The number of carbonyl (C=O) groups is 2. The van der Waals surface area contributed by atoms with Gasteiger partial charge in [0.2, 0.25) is 11.9 Å². The molecular weight excluding hydrogens is 508 g/mol. The number of rotatable bonds is 10. The van der Waals surface area contributed by atoms with Gasteiger partial charge in [0.15, 0.2) is 11.5 Å². The fourth-order valence-corrected chi connectivity index (χ4v) is 4.21. The summed E-state index contributed by atoms with van der Waals surface area (Å²) in [5.74, 6) is 1.55. The van der Waals surface area contributed by atoms with Gasteiger partial charge in [0.1, 0.15) is 12.3 Å². The number of imidazole rings is 1. The lowest BCUT2D eigenvalue weighted by molar-refractivity contribution is -0.117. The Morgan fingerprint density at radius 1 is 0.900 bits per heavy atom. The summed E-state index contributed by atoms with van der Waals surface area (Å²) in [5, 5.41) is 2.91. The van der Waals surface area contributed by atoms with E-state index >= 15 is 0 Å². The average molecular weight is 543 g/mol. The smallest absolute Gasteiger partial charge is 0.254 e. The number of anilines is 1. The van der Waals surface area contributed by atoms with Crippen LogP contribution in [0.3, 0.4) is 0 Å². The van der Waals surface area contributed by atoms with Crippen LogP contribution in [0.15, 0.2) is 72.9 Å². The zero-order valence-corrected chi connectivity index (χ0v) is 23.6. The quantitative estimate of drug-likeness (QED) is 0.290. The molecule has 0 radical (unpaired) electrons. The van der Waals surface area contributed by atoms with Gasteiger partial charge in [0.25, 0.3) is 5.91 Å². The van der Waals surface area contributed by atoms with Gasteiger partial charge in [-0.15, -0.1) is 0 Å². The van der Waals surface area contributed by atoms with Crippen LogP contribution >= 0.6 is 0 Å². The summed E-state index contributed by atoms with van der Waals surface area (Å²) in [6, 6.07) is 20.0. The molecule has 3 aromatic carbocycles. The SMILES string of the molecule is COc1ccc(-c2cn(-c3ccc(OC)c(OC)c3)c(NC(=O)CN(C(=O)c3ccc(C)cc3)C(C)C)n2)cc1. The molecule has 9 heteroatoms. The van der Waals surface area contributed by atoms with E-state index in [9.17, 15) is 9.59 Å². The van der Waals surface area contributed by atoms with Crippen LogP contribution in [0.1, 0.15) is 29.8 Å². The standard InChI is InChI=1S/C31H34N4O5/c1-20(2)34(30(37)23-9-7-21(3)8-10-23)19-29(36)33-31-32-26(22-11-14-25(38-4)15-12-22)18-35(31)24-13-16-27(39-5)28(17-24)40-6/h7-18,20H,19H2,1-6H3,(H,32,33,36). The lowest BCUT2D eigenvalue weighted by atomic mass is 10.1. The topological polar surface area (TPSA) is 94.9 Å². The highest BCUT2D eigenvalue weighted by atomic mass is 16.5. The van der Waals surface area contributed by atoms with Crippen molar-refractivity contribution in [2.24, 2.45) is 0 Å². The first-order valence-corrected chi connectivity index (χ1v) is 12.9. The summed E-state index contributed by atoms with van der Waals surface area (Å²) in [6.07, 6.45) is 1.83. The predicted molar refractivity (Wildman–Crippen MR) is 155 cm³/mol. The van der Waals surface area contributed by atoms with Crippen molar-refractivity contribution in [2.45, 2.75) is 26.8 Å². The molecule has 2 amide bonds. The summed E-state index contributed by atoms with van der Waals surface area (Å²) in [6.45, 7) is 5.58. The van der Waals surface area contributed by atoms with Gasteiger partial charge in [-0.3, -0.25) is 19.5 Å². The lowest BCUT2D eigenvalue weighted by Gasteiger charge is -2.26. The molecule has 0 spiro atoms. The van der Waals surface area contributed by atoms with Crippen LogP contribution in [0.5, 0.6) is 17.2 Å². The van der Waals surface area contributed by atoms with Crippen LogP contribution in [0.4, 0.5) is 5.95 Å². The van der Waals surface area contributed by atoms with E-state index in [4.69, 9.17) is 19.2 Å². The van der Waals surface area contributed by atoms with E-state index in [2.05, 4.69) is 5.32 Å². The number of aromatic nitrogens is 2. The van der Waals surface area contributed by atoms with Crippen molar-refractivity contribution in [3.05, 3.63) is 84.1 Å². The molecule has 0 saturated carbocycles. The van der Waals surface area contributed by atoms with Gasteiger partial charge in [0, 0.05) is 29.4 Å². The monoisotopic (exact) mass is 542 g/mol.